The second kappa shape index (κ2) is 8.52. The van der Waals surface area contributed by atoms with Crippen LogP contribution in [0.3, 0.4) is 0 Å². The fourth-order valence-electron chi connectivity index (χ4n) is 3.07. The molecule has 2 amide bonds. The fourth-order valence-corrected chi connectivity index (χ4v) is 6.28. The van der Waals surface area contributed by atoms with Gasteiger partial charge < -0.3 is 4.90 Å². The Morgan fingerprint density at radius 2 is 2.07 bits per heavy atom. The molecule has 3 rings (SSSR count). The summed E-state index contributed by atoms with van der Waals surface area (Å²) in [5, 5.41) is 0.613. The van der Waals surface area contributed by atoms with E-state index in [0.717, 1.165) is 5.56 Å². The molecule has 1 aromatic carbocycles. The van der Waals surface area contributed by atoms with Crippen LogP contribution >= 0.6 is 35.6 Å². The van der Waals surface area contributed by atoms with Gasteiger partial charge in [-0.3, -0.25) is 14.5 Å². The van der Waals surface area contributed by atoms with Crippen molar-refractivity contribution in [3.63, 3.8) is 0 Å². The molecule has 10 heteroatoms. The standard InChI is InChI=1S/C18H19ClN2O4S3/c1-20(14-7-9-28(24,25)11-14)16(22)6-8-21-17(23)15(27-18(21)26)10-12-2-4-13(19)5-3-12/h2-5,10,14H,6-9,11H2,1H3/b15-10-/t14-/m0/s1. The van der Waals surface area contributed by atoms with Gasteiger partial charge in [0, 0.05) is 31.1 Å². The monoisotopic (exact) mass is 458 g/mol. The Labute approximate surface area is 178 Å². The normalized spacial score (nSPS) is 22.9. The summed E-state index contributed by atoms with van der Waals surface area (Å²) >= 11 is 12.4. The lowest BCUT2D eigenvalue weighted by Crippen LogP contribution is -2.40. The summed E-state index contributed by atoms with van der Waals surface area (Å²) in [7, 11) is -1.45. The van der Waals surface area contributed by atoms with Crippen LogP contribution in [0.4, 0.5) is 0 Å². The van der Waals surface area contributed by atoms with Crippen LogP contribution in [0.25, 0.3) is 6.08 Å². The maximum atomic E-state index is 12.6. The maximum absolute atomic E-state index is 12.6. The first kappa shape index (κ1) is 21.3. The Morgan fingerprint density at radius 3 is 2.68 bits per heavy atom. The molecule has 0 unspecified atom stereocenters. The molecule has 0 saturated carbocycles. The highest BCUT2D eigenvalue weighted by Gasteiger charge is 2.35. The number of carbonyl (C=O) groups excluding carboxylic acids is 2. The Morgan fingerprint density at radius 1 is 1.39 bits per heavy atom. The number of rotatable bonds is 5. The van der Waals surface area contributed by atoms with Crippen LogP contribution < -0.4 is 0 Å². The van der Waals surface area contributed by atoms with E-state index in [1.165, 1.54) is 21.6 Å². The highest BCUT2D eigenvalue weighted by Crippen LogP contribution is 2.33. The summed E-state index contributed by atoms with van der Waals surface area (Å²) < 4.78 is 23.6. The predicted octanol–water partition coefficient (Wildman–Crippen LogP) is 2.58. The van der Waals surface area contributed by atoms with E-state index in [1.807, 2.05) is 12.1 Å². The van der Waals surface area contributed by atoms with Crippen molar-refractivity contribution in [2.75, 3.05) is 25.1 Å². The molecule has 1 atom stereocenters. The number of thioether (sulfide) groups is 1. The van der Waals surface area contributed by atoms with E-state index in [9.17, 15) is 18.0 Å². The van der Waals surface area contributed by atoms with Gasteiger partial charge in [-0.05, 0) is 30.2 Å². The average molecular weight is 459 g/mol. The molecule has 0 bridgehead atoms. The molecular formula is C18H19ClN2O4S3. The van der Waals surface area contributed by atoms with Gasteiger partial charge in [0.1, 0.15) is 4.32 Å². The van der Waals surface area contributed by atoms with E-state index < -0.39 is 9.84 Å². The van der Waals surface area contributed by atoms with Gasteiger partial charge in [0.05, 0.1) is 16.4 Å². The molecule has 2 aliphatic heterocycles. The quantitative estimate of drug-likeness (QED) is 0.498. The zero-order chi connectivity index (χ0) is 20.5. The number of hydrogen-bond acceptors (Lipinski definition) is 6. The topological polar surface area (TPSA) is 74.8 Å². The van der Waals surface area contributed by atoms with E-state index in [0.29, 0.717) is 20.7 Å². The number of benzene rings is 1. The van der Waals surface area contributed by atoms with Crippen LogP contribution in [0.15, 0.2) is 29.2 Å². The van der Waals surface area contributed by atoms with E-state index in [4.69, 9.17) is 23.8 Å². The van der Waals surface area contributed by atoms with Crippen LogP contribution in [-0.4, -0.2) is 65.5 Å². The van der Waals surface area contributed by atoms with E-state index in [2.05, 4.69) is 0 Å². The van der Waals surface area contributed by atoms with Gasteiger partial charge in [-0.2, -0.15) is 0 Å². The van der Waals surface area contributed by atoms with E-state index in [-0.39, 0.29) is 42.3 Å². The molecule has 28 heavy (non-hydrogen) atoms. The van der Waals surface area contributed by atoms with Crippen LogP contribution in [-0.2, 0) is 19.4 Å². The number of thiocarbonyl (C=S) groups is 1. The number of hydrogen-bond donors (Lipinski definition) is 0. The summed E-state index contributed by atoms with van der Waals surface area (Å²) in [5.41, 5.74) is 0.836. The molecule has 1 aromatic rings. The minimum absolute atomic E-state index is 0.000126. The summed E-state index contributed by atoms with van der Waals surface area (Å²) in [6.45, 7) is 0.172. The molecular weight excluding hydrogens is 440 g/mol. The number of carbonyl (C=O) groups is 2. The molecule has 2 aliphatic rings. The molecule has 2 heterocycles. The van der Waals surface area contributed by atoms with Gasteiger partial charge in [-0.15, -0.1) is 0 Å². The van der Waals surface area contributed by atoms with Gasteiger partial charge in [0.15, 0.2) is 9.84 Å². The lowest BCUT2D eigenvalue weighted by molar-refractivity contribution is -0.132. The number of amides is 2. The predicted molar refractivity (Wildman–Crippen MR) is 116 cm³/mol. The van der Waals surface area contributed by atoms with Crippen molar-refractivity contribution in [1.29, 1.82) is 0 Å². The summed E-state index contributed by atoms with van der Waals surface area (Å²) in [4.78, 5) is 28.5. The number of sulfone groups is 1. The lowest BCUT2D eigenvalue weighted by Gasteiger charge is -2.24. The summed E-state index contributed by atoms with van der Waals surface area (Å²) in [5.74, 6) is -0.318. The molecule has 0 radical (unpaired) electrons. The third-order valence-electron chi connectivity index (χ3n) is 4.74. The Balaban J connectivity index is 1.60. The van der Waals surface area contributed by atoms with E-state index >= 15 is 0 Å². The van der Waals surface area contributed by atoms with Crippen molar-refractivity contribution >= 4 is 67.6 Å². The second-order valence-electron chi connectivity index (χ2n) is 6.70. The first-order chi connectivity index (χ1) is 13.2. The minimum atomic E-state index is -3.06. The Hall–Kier alpha value is -1.42. The third kappa shape index (κ3) is 4.94. The van der Waals surface area contributed by atoms with Gasteiger partial charge in [0.2, 0.25) is 5.91 Å². The van der Waals surface area contributed by atoms with Crippen LogP contribution in [0.2, 0.25) is 5.02 Å². The second-order valence-corrected chi connectivity index (χ2v) is 11.0. The highest BCUT2D eigenvalue weighted by molar-refractivity contribution is 8.26. The number of halogens is 1. The van der Waals surface area contributed by atoms with Gasteiger partial charge in [-0.25, -0.2) is 8.42 Å². The molecule has 0 aliphatic carbocycles. The smallest absolute Gasteiger partial charge is 0.266 e. The molecule has 2 saturated heterocycles. The first-order valence-corrected chi connectivity index (χ1v) is 12.1. The first-order valence-electron chi connectivity index (χ1n) is 8.63. The fraction of sp³-hybridized carbons (Fsp3) is 0.389. The highest BCUT2D eigenvalue weighted by atomic mass is 35.5. The number of nitrogens with zero attached hydrogens (tertiary/aromatic N) is 2. The van der Waals surface area contributed by atoms with Crippen LogP contribution in [0.1, 0.15) is 18.4 Å². The summed E-state index contributed by atoms with van der Waals surface area (Å²) in [6, 6.07) is 6.80. The molecule has 2 fully saturated rings. The Kier molecular flexibility index (Phi) is 6.48. The molecule has 6 nitrogen and oxygen atoms in total. The van der Waals surface area contributed by atoms with Crippen molar-refractivity contribution in [2.24, 2.45) is 0 Å². The van der Waals surface area contributed by atoms with Crippen molar-refractivity contribution < 1.29 is 18.0 Å². The Bertz CT molecular complexity index is 944. The van der Waals surface area contributed by atoms with Gasteiger partial charge in [-0.1, -0.05) is 47.7 Å². The maximum Gasteiger partial charge on any atom is 0.266 e. The van der Waals surface area contributed by atoms with Gasteiger partial charge >= 0.3 is 0 Å². The van der Waals surface area contributed by atoms with Crippen molar-refractivity contribution in [1.82, 2.24) is 9.80 Å². The van der Waals surface area contributed by atoms with Crippen LogP contribution in [0, 0.1) is 0 Å². The molecule has 0 spiro atoms. The zero-order valence-electron chi connectivity index (χ0n) is 15.1. The van der Waals surface area contributed by atoms with Crippen molar-refractivity contribution in [3.8, 4) is 0 Å². The molecule has 0 N–H and O–H groups in total. The van der Waals surface area contributed by atoms with Crippen LogP contribution in [0.5, 0.6) is 0 Å². The zero-order valence-corrected chi connectivity index (χ0v) is 18.3. The lowest BCUT2D eigenvalue weighted by atomic mass is 10.2. The van der Waals surface area contributed by atoms with Crippen molar-refractivity contribution in [2.45, 2.75) is 18.9 Å². The van der Waals surface area contributed by atoms with Crippen molar-refractivity contribution in [3.05, 3.63) is 39.8 Å². The molecule has 0 aromatic heterocycles. The van der Waals surface area contributed by atoms with E-state index in [1.54, 1.807) is 25.3 Å². The van der Waals surface area contributed by atoms with Gasteiger partial charge in [0.25, 0.3) is 5.91 Å². The minimum Gasteiger partial charge on any atom is -0.342 e. The largest absolute Gasteiger partial charge is 0.342 e. The average Bonchev–Trinajstić information content (AvgIpc) is 3.13. The third-order valence-corrected chi connectivity index (χ3v) is 8.12. The summed E-state index contributed by atoms with van der Waals surface area (Å²) in [6.07, 6.45) is 2.29. The SMILES string of the molecule is CN(C(=O)CCN1C(=O)/C(=C/c2ccc(Cl)cc2)SC1=S)[C@H]1CCS(=O)(=O)C1. The molecule has 150 valence electrons.